The molecule has 9 heteroatoms. The molecule has 0 aliphatic carbocycles. The Balaban J connectivity index is 1.24. The van der Waals surface area contributed by atoms with Gasteiger partial charge in [-0.3, -0.25) is 9.78 Å². The summed E-state index contributed by atoms with van der Waals surface area (Å²) in [7, 11) is 2.08. The maximum absolute atomic E-state index is 12.8. The minimum Gasteiger partial charge on any atom is -0.444 e. The molecule has 0 spiro atoms. The molecule has 0 unspecified atom stereocenters. The van der Waals surface area contributed by atoms with Crippen LogP contribution in [0.2, 0.25) is 0 Å². The molecule has 2 aliphatic heterocycles. The fourth-order valence-corrected chi connectivity index (χ4v) is 4.44. The molecule has 36 heavy (non-hydrogen) atoms. The van der Waals surface area contributed by atoms with Gasteiger partial charge in [-0.1, -0.05) is 12.1 Å². The molecule has 2 aliphatic rings. The van der Waals surface area contributed by atoms with E-state index in [1.54, 1.807) is 17.3 Å². The van der Waals surface area contributed by atoms with Gasteiger partial charge in [0, 0.05) is 56.9 Å². The standard InChI is InChI=1S/C27H38N6O3/c1-27(2,3)36-26(35)33-11-9-20(10-12-33)17-29-24-19-28-23(18-30-24)21-5-7-22(8-6-21)25(34)32-15-13-31(4)14-16-32/h5-8,18-20H,9-17H2,1-4H3,(H,29,30). The van der Waals surface area contributed by atoms with E-state index in [4.69, 9.17) is 4.74 Å². The monoisotopic (exact) mass is 494 g/mol. The molecule has 3 heterocycles. The van der Waals surface area contributed by atoms with E-state index in [0.29, 0.717) is 24.6 Å². The van der Waals surface area contributed by atoms with Gasteiger partial charge in [0.25, 0.3) is 5.91 Å². The van der Waals surface area contributed by atoms with Crippen molar-refractivity contribution in [1.29, 1.82) is 0 Å². The molecule has 0 bridgehead atoms. The van der Waals surface area contributed by atoms with Crippen LogP contribution < -0.4 is 5.32 Å². The van der Waals surface area contributed by atoms with Gasteiger partial charge in [-0.2, -0.15) is 0 Å². The Bertz CT molecular complexity index is 1020. The topological polar surface area (TPSA) is 90.9 Å². The van der Waals surface area contributed by atoms with Gasteiger partial charge in [0.05, 0.1) is 18.1 Å². The lowest BCUT2D eigenvalue weighted by atomic mass is 9.97. The summed E-state index contributed by atoms with van der Waals surface area (Å²) in [5, 5.41) is 3.38. The van der Waals surface area contributed by atoms with Gasteiger partial charge < -0.3 is 24.8 Å². The lowest BCUT2D eigenvalue weighted by Crippen LogP contribution is -2.47. The third-order valence-corrected chi connectivity index (χ3v) is 6.71. The maximum atomic E-state index is 12.8. The zero-order chi connectivity index (χ0) is 25.7. The average Bonchev–Trinajstić information content (AvgIpc) is 2.87. The molecule has 194 valence electrons. The Morgan fingerprint density at radius 2 is 1.61 bits per heavy atom. The number of piperidine rings is 1. The normalized spacial score (nSPS) is 17.7. The van der Waals surface area contributed by atoms with Crippen molar-refractivity contribution < 1.29 is 14.3 Å². The number of nitrogens with zero attached hydrogens (tertiary/aromatic N) is 5. The predicted octanol–water partition coefficient (Wildman–Crippen LogP) is 3.59. The van der Waals surface area contributed by atoms with E-state index in [9.17, 15) is 9.59 Å². The van der Waals surface area contributed by atoms with Crippen molar-refractivity contribution in [2.75, 3.05) is 58.2 Å². The molecule has 0 saturated carbocycles. The SMILES string of the molecule is CN1CCN(C(=O)c2ccc(-c3cnc(NCC4CCN(C(=O)OC(C)(C)C)CC4)cn3)cc2)CC1. The van der Waals surface area contributed by atoms with Gasteiger partial charge in [0.2, 0.25) is 0 Å². The highest BCUT2D eigenvalue weighted by Gasteiger charge is 2.27. The van der Waals surface area contributed by atoms with Crippen molar-refractivity contribution in [3.05, 3.63) is 42.2 Å². The van der Waals surface area contributed by atoms with E-state index in [-0.39, 0.29) is 12.0 Å². The first kappa shape index (κ1) is 25.9. The van der Waals surface area contributed by atoms with Crippen LogP contribution in [-0.2, 0) is 4.74 Å². The highest BCUT2D eigenvalue weighted by atomic mass is 16.6. The quantitative estimate of drug-likeness (QED) is 0.679. The Morgan fingerprint density at radius 3 is 2.19 bits per heavy atom. The van der Waals surface area contributed by atoms with Crippen LogP contribution in [-0.4, -0.2) is 95.1 Å². The number of aromatic nitrogens is 2. The number of nitrogens with one attached hydrogen (secondary N) is 1. The number of benzene rings is 1. The van der Waals surface area contributed by atoms with Crippen LogP contribution >= 0.6 is 0 Å². The molecule has 1 aromatic carbocycles. The van der Waals surface area contributed by atoms with Crippen molar-refractivity contribution in [2.45, 2.75) is 39.2 Å². The van der Waals surface area contributed by atoms with Crippen molar-refractivity contribution in [2.24, 2.45) is 5.92 Å². The van der Waals surface area contributed by atoms with E-state index < -0.39 is 5.60 Å². The molecular weight excluding hydrogens is 456 g/mol. The van der Waals surface area contributed by atoms with Crippen LogP contribution in [0.3, 0.4) is 0 Å². The summed E-state index contributed by atoms with van der Waals surface area (Å²) in [5.41, 5.74) is 1.93. The van der Waals surface area contributed by atoms with Gasteiger partial charge >= 0.3 is 6.09 Å². The number of carbonyl (C=O) groups excluding carboxylic acids is 2. The van der Waals surface area contributed by atoms with E-state index in [1.165, 1.54) is 0 Å². The zero-order valence-corrected chi connectivity index (χ0v) is 21.9. The fourth-order valence-electron chi connectivity index (χ4n) is 4.44. The summed E-state index contributed by atoms with van der Waals surface area (Å²) in [5.74, 6) is 1.28. The number of rotatable bonds is 5. The van der Waals surface area contributed by atoms with E-state index in [2.05, 4.69) is 27.2 Å². The molecule has 0 radical (unpaired) electrons. The molecule has 9 nitrogen and oxygen atoms in total. The largest absolute Gasteiger partial charge is 0.444 e. The number of carbonyl (C=O) groups is 2. The van der Waals surface area contributed by atoms with Crippen molar-refractivity contribution in [1.82, 2.24) is 24.7 Å². The second-order valence-corrected chi connectivity index (χ2v) is 10.8. The van der Waals surface area contributed by atoms with Gasteiger partial charge in [0.1, 0.15) is 11.4 Å². The van der Waals surface area contributed by atoms with Crippen LogP contribution in [0.1, 0.15) is 44.0 Å². The van der Waals surface area contributed by atoms with Crippen LogP contribution in [0.25, 0.3) is 11.3 Å². The number of ether oxygens (including phenoxy) is 1. The number of amides is 2. The molecular formula is C27H38N6O3. The van der Waals surface area contributed by atoms with Crippen molar-refractivity contribution in [3.8, 4) is 11.3 Å². The third kappa shape index (κ3) is 6.94. The lowest BCUT2D eigenvalue weighted by molar-refractivity contribution is 0.0188. The number of likely N-dealkylation sites (tertiary alicyclic amines) is 1. The predicted molar refractivity (Wildman–Crippen MR) is 140 cm³/mol. The molecule has 2 aromatic rings. The average molecular weight is 495 g/mol. The summed E-state index contributed by atoms with van der Waals surface area (Å²) >= 11 is 0. The number of hydrogen-bond donors (Lipinski definition) is 1. The first-order chi connectivity index (χ1) is 17.2. The van der Waals surface area contributed by atoms with Crippen LogP contribution in [0.4, 0.5) is 10.6 Å². The Labute approximate surface area is 213 Å². The van der Waals surface area contributed by atoms with Crippen molar-refractivity contribution in [3.63, 3.8) is 0 Å². The first-order valence-corrected chi connectivity index (χ1v) is 12.8. The number of likely N-dealkylation sites (N-methyl/N-ethyl adjacent to an activating group) is 1. The lowest BCUT2D eigenvalue weighted by Gasteiger charge is -2.33. The molecule has 4 rings (SSSR count). The minimum atomic E-state index is -0.468. The smallest absolute Gasteiger partial charge is 0.410 e. The second kappa shape index (κ2) is 11.2. The number of piperazine rings is 1. The molecule has 2 fully saturated rings. The molecule has 0 atom stereocenters. The summed E-state index contributed by atoms with van der Waals surface area (Å²) in [4.78, 5) is 40.0. The van der Waals surface area contributed by atoms with Crippen LogP contribution in [0.15, 0.2) is 36.7 Å². The Kier molecular flexibility index (Phi) is 8.08. The Morgan fingerprint density at radius 1 is 0.944 bits per heavy atom. The molecule has 2 amide bonds. The van der Waals surface area contributed by atoms with Crippen LogP contribution in [0, 0.1) is 5.92 Å². The first-order valence-electron chi connectivity index (χ1n) is 12.8. The van der Waals surface area contributed by atoms with Crippen LogP contribution in [0.5, 0.6) is 0 Å². The Hall–Kier alpha value is -3.20. The summed E-state index contributed by atoms with van der Waals surface area (Å²) in [6, 6.07) is 7.60. The van der Waals surface area contributed by atoms with E-state index in [0.717, 1.165) is 62.6 Å². The highest BCUT2D eigenvalue weighted by Crippen LogP contribution is 2.22. The third-order valence-electron chi connectivity index (χ3n) is 6.71. The van der Waals surface area contributed by atoms with Gasteiger partial charge in [-0.05, 0) is 58.7 Å². The van der Waals surface area contributed by atoms with Gasteiger partial charge in [-0.15, -0.1) is 0 Å². The van der Waals surface area contributed by atoms with Crippen molar-refractivity contribution >= 4 is 17.8 Å². The van der Waals surface area contributed by atoms with Gasteiger partial charge in [0.15, 0.2) is 0 Å². The minimum absolute atomic E-state index is 0.0808. The molecule has 1 aromatic heterocycles. The summed E-state index contributed by atoms with van der Waals surface area (Å²) in [6.45, 7) is 11.2. The molecule has 1 N–H and O–H groups in total. The highest BCUT2D eigenvalue weighted by molar-refractivity contribution is 5.94. The number of anilines is 1. The molecule has 2 saturated heterocycles. The van der Waals surface area contributed by atoms with Gasteiger partial charge in [-0.25, -0.2) is 9.78 Å². The summed E-state index contributed by atoms with van der Waals surface area (Å²) < 4.78 is 5.47. The summed E-state index contributed by atoms with van der Waals surface area (Å²) in [6.07, 6.45) is 5.12. The fraction of sp³-hybridized carbons (Fsp3) is 0.556. The van der Waals surface area contributed by atoms with E-state index >= 15 is 0 Å². The zero-order valence-electron chi connectivity index (χ0n) is 21.9. The maximum Gasteiger partial charge on any atom is 0.410 e. The second-order valence-electron chi connectivity index (χ2n) is 10.8. The van der Waals surface area contributed by atoms with E-state index in [1.807, 2.05) is 49.9 Å². The number of hydrogen-bond acceptors (Lipinski definition) is 7.